The van der Waals surface area contributed by atoms with Crippen molar-refractivity contribution in [1.82, 2.24) is 14.6 Å². The van der Waals surface area contributed by atoms with E-state index in [-0.39, 0.29) is 0 Å². The Morgan fingerprint density at radius 3 is 2.90 bits per heavy atom. The SMILES string of the molecule is COCc1cccc(CNc2nc3cc(C)ccn3n2)c1. The maximum absolute atomic E-state index is 5.15. The van der Waals surface area contributed by atoms with Crippen LogP contribution in [0.25, 0.3) is 5.65 Å². The number of anilines is 1. The third-order valence-corrected chi connectivity index (χ3v) is 3.25. The van der Waals surface area contributed by atoms with Gasteiger partial charge in [0.1, 0.15) is 0 Å². The topological polar surface area (TPSA) is 51.5 Å². The van der Waals surface area contributed by atoms with Crippen LogP contribution in [0, 0.1) is 6.92 Å². The zero-order chi connectivity index (χ0) is 14.7. The number of hydrogen-bond donors (Lipinski definition) is 1. The Hall–Kier alpha value is -2.40. The second-order valence-corrected chi connectivity index (χ2v) is 5.05. The lowest BCUT2D eigenvalue weighted by molar-refractivity contribution is 0.185. The molecule has 0 radical (unpaired) electrons. The lowest BCUT2D eigenvalue weighted by Gasteiger charge is -2.05. The number of rotatable bonds is 5. The van der Waals surface area contributed by atoms with Crippen LogP contribution in [0.4, 0.5) is 5.95 Å². The minimum atomic E-state index is 0.625. The molecule has 0 fully saturated rings. The number of benzene rings is 1. The summed E-state index contributed by atoms with van der Waals surface area (Å²) in [5.74, 6) is 0.637. The summed E-state index contributed by atoms with van der Waals surface area (Å²) in [6.45, 7) is 3.36. The van der Waals surface area contributed by atoms with Gasteiger partial charge in [-0.05, 0) is 35.7 Å². The van der Waals surface area contributed by atoms with E-state index in [2.05, 4.69) is 33.6 Å². The van der Waals surface area contributed by atoms with Crippen LogP contribution < -0.4 is 5.32 Å². The van der Waals surface area contributed by atoms with Crippen LogP contribution in [0.5, 0.6) is 0 Å². The summed E-state index contributed by atoms with van der Waals surface area (Å²) in [6.07, 6.45) is 1.92. The molecular formula is C16H18N4O. The Morgan fingerprint density at radius 2 is 2.05 bits per heavy atom. The third-order valence-electron chi connectivity index (χ3n) is 3.25. The summed E-state index contributed by atoms with van der Waals surface area (Å²) in [5.41, 5.74) is 4.37. The fraction of sp³-hybridized carbons (Fsp3) is 0.250. The molecule has 5 heteroatoms. The number of hydrogen-bond acceptors (Lipinski definition) is 4. The van der Waals surface area contributed by atoms with Crippen molar-refractivity contribution in [3.05, 3.63) is 59.3 Å². The van der Waals surface area contributed by atoms with Gasteiger partial charge >= 0.3 is 0 Å². The Labute approximate surface area is 123 Å². The molecule has 0 saturated heterocycles. The lowest BCUT2D eigenvalue weighted by Crippen LogP contribution is -2.02. The Balaban J connectivity index is 1.72. The number of fused-ring (bicyclic) bond motifs is 1. The van der Waals surface area contributed by atoms with Gasteiger partial charge in [-0.3, -0.25) is 0 Å². The number of aryl methyl sites for hydroxylation is 1. The predicted octanol–water partition coefficient (Wildman–Crippen LogP) is 2.80. The Kier molecular flexibility index (Phi) is 3.83. The van der Waals surface area contributed by atoms with Gasteiger partial charge in [0.05, 0.1) is 6.61 Å². The molecule has 0 aliphatic heterocycles. The summed E-state index contributed by atoms with van der Waals surface area (Å²) in [7, 11) is 1.70. The van der Waals surface area contributed by atoms with Crippen molar-refractivity contribution in [2.45, 2.75) is 20.1 Å². The highest BCUT2D eigenvalue weighted by Crippen LogP contribution is 2.11. The van der Waals surface area contributed by atoms with E-state index in [0.29, 0.717) is 19.1 Å². The van der Waals surface area contributed by atoms with E-state index in [0.717, 1.165) is 11.2 Å². The number of nitrogens with one attached hydrogen (secondary N) is 1. The van der Waals surface area contributed by atoms with Crippen molar-refractivity contribution in [3.63, 3.8) is 0 Å². The van der Waals surface area contributed by atoms with E-state index in [1.807, 2.05) is 31.3 Å². The first-order chi connectivity index (χ1) is 10.2. The van der Waals surface area contributed by atoms with Crippen LogP contribution in [0.3, 0.4) is 0 Å². The number of pyridine rings is 1. The van der Waals surface area contributed by atoms with E-state index < -0.39 is 0 Å². The molecule has 0 spiro atoms. The molecule has 0 aliphatic carbocycles. The molecule has 0 saturated carbocycles. The van der Waals surface area contributed by atoms with Gasteiger partial charge in [0.25, 0.3) is 0 Å². The molecule has 5 nitrogen and oxygen atoms in total. The van der Waals surface area contributed by atoms with Crippen LogP contribution in [0.1, 0.15) is 16.7 Å². The highest BCUT2D eigenvalue weighted by molar-refractivity contribution is 5.45. The van der Waals surface area contributed by atoms with Crippen LogP contribution >= 0.6 is 0 Å². The molecular weight excluding hydrogens is 264 g/mol. The minimum Gasteiger partial charge on any atom is -0.380 e. The van der Waals surface area contributed by atoms with Crippen LogP contribution in [-0.4, -0.2) is 21.7 Å². The first-order valence-electron chi connectivity index (χ1n) is 6.88. The van der Waals surface area contributed by atoms with Gasteiger partial charge in [-0.25, -0.2) is 4.52 Å². The number of aromatic nitrogens is 3. The smallest absolute Gasteiger partial charge is 0.243 e. The first kappa shape index (κ1) is 13.6. The van der Waals surface area contributed by atoms with Gasteiger partial charge in [0.2, 0.25) is 5.95 Å². The lowest BCUT2D eigenvalue weighted by atomic mass is 10.1. The van der Waals surface area contributed by atoms with Gasteiger partial charge < -0.3 is 10.1 Å². The molecule has 0 amide bonds. The molecule has 0 aliphatic rings. The molecule has 2 aromatic heterocycles. The number of nitrogens with zero attached hydrogens (tertiary/aromatic N) is 3. The molecule has 108 valence electrons. The summed E-state index contributed by atoms with van der Waals surface area (Å²) >= 11 is 0. The standard InChI is InChI=1S/C16H18N4O/c1-12-6-7-20-15(8-12)18-16(19-20)17-10-13-4-3-5-14(9-13)11-21-2/h3-9H,10-11H2,1-2H3,(H,17,19). The van der Waals surface area contributed by atoms with E-state index in [1.165, 1.54) is 11.1 Å². The fourth-order valence-electron chi connectivity index (χ4n) is 2.24. The highest BCUT2D eigenvalue weighted by Gasteiger charge is 2.03. The molecule has 3 rings (SSSR count). The quantitative estimate of drug-likeness (QED) is 0.782. The van der Waals surface area contributed by atoms with Gasteiger partial charge in [0.15, 0.2) is 5.65 Å². The maximum atomic E-state index is 5.15. The second-order valence-electron chi connectivity index (χ2n) is 5.05. The summed E-state index contributed by atoms with van der Waals surface area (Å²) in [6, 6.07) is 12.3. The van der Waals surface area contributed by atoms with Crippen LogP contribution in [0.15, 0.2) is 42.6 Å². The third kappa shape index (κ3) is 3.20. The maximum Gasteiger partial charge on any atom is 0.243 e. The molecule has 0 unspecified atom stereocenters. The molecule has 3 aromatic rings. The molecule has 2 heterocycles. The van der Waals surface area contributed by atoms with Crippen molar-refractivity contribution in [2.75, 3.05) is 12.4 Å². The van der Waals surface area contributed by atoms with Crippen molar-refractivity contribution in [1.29, 1.82) is 0 Å². The summed E-state index contributed by atoms with van der Waals surface area (Å²) < 4.78 is 6.92. The van der Waals surface area contributed by atoms with E-state index in [9.17, 15) is 0 Å². The monoisotopic (exact) mass is 282 g/mol. The average Bonchev–Trinajstić information content (AvgIpc) is 2.88. The molecule has 0 bridgehead atoms. The van der Waals surface area contributed by atoms with Crippen LogP contribution in [0.2, 0.25) is 0 Å². The zero-order valence-electron chi connectivity index (χ0n) is 12.2. The predicted molar refractivity (Wildman–Crippen MR) is 82.2 cm³/mol. The van der Waals surface area contributed by atoms with E-state index >= 15 is 0 Å². The van der Waals surface area contributed by atoms with Crippen molar-refractivity contribution < 1.29 is 4.74 Å². The van der Waals surface area contributed by atoms with Gasteiger partial charge in [-0.2, -0.15) is 4.98 Å². The molecule has 0 atom stereocenters. The molecule has 1 aromatic carbocycles. The average molecular weight is 282 g/mol. The van der Waals surface area contributed by atoms with Crippen molar-refractivity contribution >= 4 is 11.6 Å². The van der Waals surface area contributed by atoms with Gasteiger partial charge in [-0.1, -0.05) is 24.3 Å². The van der Waals surface area contributed by atoms with E-state index in [4.69, 9.17) is 4.74 Å². The number of methoxy groups -OCH3 is 1. The van der Waals surface area contributed by atoms with Crippen molar-refractivity contribution in [3.8, 4) is 0 Å². The van der Waals surface area contributed by atoms with Crippen LogP contribution in [-0.2, 0) is 17.9 Å². The zero-order valence-corrected chi connectivity index (χ0v) is 12.2. The van der Waals surface area contributed by atoms with E-state index in [1.54, 1.807) is 11.6 Å². The first-order valence-corrected chi connectivity index (χ1v) is 6.88. The van der Waals surface area contributed by atoms with Crippen molar-refractivity contribution in [2.24, 2.45) is 0 Å². The summed E-state index contributed by atoms with van der Waals surface area (Å²) in [4.78, 5) is 4.46. The van der Waals surface area contributed by atoms with Gasteiger partial charge in [0, 0.05) is 19.9 Å². The highest BCUT2D eigenvalue weighted by atomic mass is 16.5. The Morgan fingerprint density at radius 1 is 1.19 bits per heavy atom. The fourth-order valence-corrected chi connectivity index (χ4v) is 2.24. The molecule has 21 heavy (non-hydrogen) atoms. The normalized spacial score (nSPS) is 11.0. The largest absolute Gasteiger partial charge is 0.380 e. The number of ether oxygens (including phenoxy) is 1. The molecule has 1 N–H and O–H groups in total. The second kappa shape index (κ2) is 5.93. The van der Waals surface area contributed by atoms with Gasteiger partial charge in [-0.15, -0.1) is 5.10 Å². The minimum absolute atomic E-state index is 0.625. The summed E-state index contributed by atoms with van der Waals surface area (Å²) in [5, 5.41) is 7.65. The Bertz CT molecular complexity index is 751.